The van der Waals surface area contributed by atoms with Gasteiger partial charge in [-0.05, 0) is 6.92 Å². The molecule has 3 heterocycles. The number of amides is 2. The summed E-state index contributed by atoms with van der Waals surface area (Å²) in [6.45, 7) is 0.710. The maximum atomic E-state index is 12.1. The number of nitrogens with one attached hydrogen (secondary N) is 2. The number of aliphatic hydroxyl groups excluding tert-OH is 4. The molecular formula is C15H20N6O8. The van der Waals surface area contributed by atoms with Gasteiger partial charge in [-0.15, -0.1) is 0 Å². The summed E-state index contributed by atoms with van der Waals surface area (Å²) in [7, 11) is 0. The van der Waals surface area contributed by atoms with Gasteiger partial charge >= 0.3 is 12.0 Å². The Hall–Kier alpha value is -2.91. The second-order valence-electron chi connectivity index (χ2n) is 6.43. The number of urea groups is 1. The van der Waals surface area contributed by atoms with Crippen molar-refractivity contribution in [2.75, 3.05) is 11.9 Å². The molecule has 7 N–H and O–H groups in total. The fourth-order valence-electron chi connectivity index (χ4n) is 2.91. The van der Waals surface area contributed by atoms with Crippen LogP contribution in [0.1, 0.15) is 13.2 Å². The van der Waals surface area contributed by atoms with Crippen LogP contribution >= 0.6 is 0 Å². The first-order valence-corrected chi connectivity index (χ1v) is 8.53. The lowest BCUT2D eigenvalue weighted by Gasteiger charge is -2.17. The van der Waals surface area contributed by atoms with E-state index >= 15 is 0 Å². The number of rotatable bonds is 6. The number of ether oxygens (including phenoxy) is 1. The average molecular weight is 412 g/mol. The van der Waals surface area contributed by atoms with Crippen molar-refractivity contribution >= 4 is 29.0 Å². The number of anilines is 1. The van der Waals surface area contributed by atoms with Gasteiger partial charge in [0.25, 0.3) is 0 Å². The molecule has 1 fully saturated rings. The molecule has 1 saturated heterocycles. The fourth-order valence-corrected chi connectivity index (χ4v) is 2.91. The van der Waals surface area contributed by atoms with Crippen LogP contribution in [-0.4, -0.2) is 94.1 Å². The van der Waals surface area contributed by atoms with Crippen LogP contribution in [0, 0.1) is 0 Å². The molecule has 2 amide bonds. The number of aliphatic hydroxyl groups is 4. The maximum Gasteiger partial charge on any atom is 0.328 e. The standard InChI is InChI=1S/C15H20N6O8/c1-5(23)7(14(26)27)19-15(28)20-11-8-12(17-3-16-11)21(4-18-8)13-10(25)9(24)6(2-22)29-13/h3-7,9-10,13,22-25H,2H2,1H3,(H,26,27)(H2,16,17,19,20,28)/t5-,6-,7+,9+,10?,13-/m1/s1. The quantitative estimate of drug-likeness (QED) is 0.261. The van der Waals surface area contributed by atoms with Crippen LogP contribution in [0.2, 0.25) is 0 Å². The molecule has 14 heteroatoms. The number of carbonyl (C=O) groups is 2. The van der Waals surface area contributed by atoms with Gasteiger partial charge in [-0.1, -0.05) is 0 Å². The third kappa shape index (κ3) is 3.96. The highest BCUT2D eigenvalue weighted by atomic mass is 16.6. The number of aliphatic carboxylic acids is 1. The van der Waals surface area contributed by atoms with E-state index in [4.69, 9.17) is 9.84 Å². The molecule has 0 bridgehead atoms. The summed E-state index contributed by atoms with van der Waals surface area (Å²) in [4.78, 5) is 35.2. The lowest BCUT2D eigenvalue weighted by molar-refractivity contribution is -0.141. The third-order valence-corrected chi connectivity index (χ3v) is 4.42. The van der Waals surface area contributed by atoms with Crippen molar-refractivity contribution in [3.8, 4) is 0 Å². The van der Waals surface area contributed by atoms with E-state index in [0.717, 1.165) is 6.33 Å². The second kappa shape index (κ2) is 8.22. The third-order valence-electron chi connectivity index (χ3n) is 4.42. The van der Waals surface area contributed by atoms with E-state index in [0.29, 0.717) is 0 Å². The van der Waals surface area contributed by atoms with Crippen molar-refractivity contribution in [2.24, 2.45) is 0 Å². The zero-order chi connectivity index (χ0) is 21.3. The first-order chi connectivity index (χ1) is 13.7. The zero-order valence-electron chi connectivity index (χ0n) is 15.1. The number of fused-ring (bicyclic) bond motifs is 1. The molecule has 158 valence electrons. The molecule has 2 aromatic heterocycles. The highest BCUT2D eigenvalue weighted by Gasteiger charge is 2.44. The van der Waals surface area contributed by atoms with Gasteiger partial charge in [-0.2, -0.15) is 0 Å². The molecule has 3 rings (SSSR count). The average Bonchev–Trinajstić information content (AvgIpc) is 3.21. The Bertz CT molecular complexity index is 904. The van der Waals surface area contributed by atoms with Gasteiger partial charge in [0.15, 0.2) is 29.3 Å². The highest BCUT2D eigenvalue weighted by molar-refractivity contribution is 5.97. The van der Waals surface area contributed by atoms with Gasteiger partial charge < -0.3 is 35.6 Å². The Morgan fingerprint density at radius 3 is 2.59 bits per heavy atom. The van der Waals surface area contributed by atoms with Crippen LogP contribution < -0.4 is 10.6 Å². The van der Waals surface area contributed by atoms with Crippen LogP contribution in [0.4, 0.5) is 10.6 Å². The summed E-state index contributed by atoms with van der Waals surface area (Å²) < 4.78 is 6.74. The molecule has 0 saturated carbocycles. The van der Waals surface area contributed by atoms with E-state index in [1.807, 2.05) is 0 Å². The van der Waals surface area contributed by atoms with E-state index in [2.05, 4.69) is 25.6 Å². The number of aromatic nitrogens is 4. The largest absolute Gasteiger partial charge is 0.480 e. The van der Waals surface area contributed by atoms with E-state index < -0.39 is 55.3 Å². The van der Waals surface area contributed by atoms with Crippen LogP contribution in [0.15, 0.2) is 12.7 Å². The van der Waals surface area contributed by atoms with Crippen molar-refractivity contribution < 1.29 is 39.9 Å². The maximum absolute atomic E-state index is 12.1. The zero-order valence-corrected chi connectivity index (χ0v) is 15.1. The van der Waals surface area contributed by atoms with Crippen LogP contribution in [0.3, 0.4) is 0 Å². The molecule has 1 aliphatic heterocycles. The SMILES string of the molecule is C[C@@H](O)[C@H](NC(=O)Nc1ncnc2c1ncn2[C@@H]1O[C@H](CO)[C@H](O)C1O)C(=O)O. The molecule has 0 spiro atoms. The number of hydrogen-bond acceptors (Lipinski definition) is 10. The lowest BCUT2D eigenvalue weighted by Crippen LogP contribution is -2.49. The molecule has 0 aromatic carbocycles. The minimum atomic E-state index is -1.54. The minimum absolute atomic E-state index is 0.0623. The van der Waals surface area contributed by atoms with Crippen molar-refractivity contribution in [1.29, 1.82) is 0 Å². The van der Waals surface area contributed by atoms with E-state index in [9.17, 15) is 30.0 Å². The predicted molar refractivity (Wildman–Crippen MR) is 93.6 cm³/mol. The molecular weight excluding hydrogens is 392 g/mol. The summed E-state index contributed by atoms with van der Waals surface area (Å²) in [6.07, 6.45) is -3.75. The van der Waals surface area contributed by atoms with Gasteiger partial charge in [0.1, 0.15) is 24.6 Å². The number of imidazole rings is 1. The Morgan fingerprint density at radius 1 is 1.28 bits per heavy atom. The summed E-state index contributed by atoms with van der Waals surface area (Å²) >= 11 is 0. The van der Waals surface area contributed by atoms with Crippen molar-refractivity contribution in [3.63, 3.8) is 0 Å². The van der Waals surface area contributed by atoms with Gasteiger partial charge in [0.05, 0.1) is 19.0 Å². The van der Waals surface area contributed by atoms with Crippen LogP contribution in [0.5, 0.6) is 0 Å². The molecule has 0 aliphatic carbocycles. The van der Waals surface area contributed by atoms with Gasteiger partial charge in [0, 0.05) is 0 Å². The van der Waals surface area contributed by atoms with Crippen LogP contribution in [0.25, 0.3) is 11.2 Å². The van der Waals surface area contributed by atoms with Crippen molar-refractivity contribution in [1.82, 2.24) is 24.8 Å². The van der Waals surface area contributed by atoms with E-state index in [-0.39, 0.29) is 17.0 Å². The smallest absolute Gasteiger partial charge is 0.328 e. The molecule has 6 atom stereocenters. The summed E-state index contributed by atoms with van der Waals surface area (Å²) in [5.74, 6) is -1.48. The summed E-state index contributed by atoms with van der Waals surface area (Å²) in [5, 5.41) is 52.2. The highest BCUT2D eigenvalue weighted by Crippen LogP contribution is 2.32. The Balaban J connectivity index is 1.83. The molecule has 0 radical (unpaired) electrons. The number of carboxylic acid groups (broad SMARTS) is 1. The van der Waals surface area contributed by atoms with Crippen molar-refractivity contribution in [2.45, 2.75) is 43.6 Å². The number of nitrogens with zero attached hydrogens (tertiary/aromatic N) is 4. The second-order valence-corrected chi connectivity index (χ2v) is 6.43. The Labute approximate surface area is 162 Å². The van der Waals surface area contributed by atoms with E-state index in [1.165, 1.54) is 17.8 Å². The molecule has 1 unspecified atom stereocenters. The van der Waals surface area contributed by atoms with Gasteiger partial charge in [-0.25, -0.2) is 24.5 Å². The lowest BCUT2D eigenvalue weighted by atomic mass is 10.1. The predicted octanol–water partition coefficient (Wildman–Crippen LogP) is -2.61. The Kier molecular flexibility index (Phi) is 5.90. The number of carbonyl (C=O) groups excluding carboxylic acids is 1. The number of hydrogen-bond donors (Lipinski definition) is 7. The summed E-state index contributed by atoms with van der Waals surface area (Å²) in [5.41, 5.74) is 0.250. The Morgan fingerprint density at radius 2 is 2.00 bits per heavy atom. The summed E-state index contributed by atoms with van der Waals surface area (Å²) in [6, 6.07) is -2.48. The van der Waals surface area contributed by atoms with Gasteiger partial charge in [0.2, 0.25) is 0 Å². The van der Waals surface area contributed by atoms with Crippen LogP contribution in [-0.2, 0) is 9.53 Å². The normalized spacial score (nSPS) is 26.2. The first kappa shape index (κ1) is 20.8. The molecule has 2 aromatic rings. The topological polar surface area (TPSA) is 212 Å². The van der Waals surface area contributed by atoms with Crippen molar-refractivity contribution in [3.05, 3.63) is 12.7 Å². The number of carboxylic acids is 1. The minimum Gasteiger partial charge on any atom is -0.480 e. The molecule has 14 nitrogen and oxygen atoms in total. The van der Waals surface area contributed by atoms with E-state index in [1.54, 1.807) is 0 Å². The van der Waals surface area contributed by atoms with Gasteiger partial charge in [-0.3, -0.25) is 9.88 Å². The molecule has 1 aliphatic rings. The molecule has 29 heavy (non-hydrogen) atoms. The monoisotopic (exact) mass is 412 g/mol. The first-order valence-electron chi connectivity index (χ1n) is 8.53. The fraction of sp³-hybridized carbons (Fsp3) is 0.533.